The largest absolute Gasteiger partial charge is 0.480 e. The summed E-state index contributed by atoms with van der Waals surface area (Å²) in [5.41, 5.74) is 1.76. The minimum atomic E-state index is -0.814. The van der Waals surface area contributed by atoms with Gasteiger partial charge >= 0.3 is 5.97 Å². The molecule has 0 amide bonds. The van der Waals surface area contributed by atoms with Crippen LogP contribution in [0.15, 0.2) is 24.5 Å². The van der Waals surface area contributed by atoms with E-state index >= 15 is 0 Å². The number of aliphatic carboxylic acids is 1. The SMILES string of the molecule is Cc1[nH]c(C2(C(=O)O)CCC2)nc1-c1cccnc1. The van der Waals surface area contributed by atoms with Crippen LogP contribution < -0.4 is 0 Å². The fraction of sp³-hybridized carbons (Fsp3) is 0.357. The van der Waals surface area contributed by atoms with E-state index in [2.05, 4.69) is 15.0 Å². The van der Waals surface area contributed by atoms with Gasteiger partial charge in [-0.2, -0.15) is 0 Å². The number of nitrogens with one attached hydrogen (secondary N) is 1. The molecule has 19 heavy (non-hydrogen) atoms. The van der Waals surface area contributed by atoms with Gasteiger partial charge in [0.15, 0.2) is 0 Å². The van der Waals surface area contributed by atoms with E-state index in [-0.39, 0.29) is 0 Å². The lowest BCUT2D eigenvalue weighted by molar-refractivity contribution is -0.147. The van der Waals surface area contributed by atoms with Crippen LogP contribution in [-0.2, 0) is 10.2 Å². The summed E-state index contributed by atoms with van der Waals surface area (Å²) in [6.45, 7) is 1.91. The Bertz CT molecular complexity index is 615. The summed E-state index contributed by atoms with van der Waals surface area (Å²) in [4.78, 5) is 23.2. The van der Waals surface area contributed by atoms with Crippen molar-refractivity contribution in [1.82, 2.24) is 15.0 Å². The third kappa shape index (κ3) is 1.73. The lowest BCUT2D eigenvalue weighted by Gasteiger charge is -2.35. The molecule has 5 nitrogen and oxygen atoms in total. The number of rotatable bonds is 3. The molecule has 2 aromatic rings. The van der Waals surface area contributed by atoms with Gasteiger partial charge in [0.2, 0.25) is 0 Å². The minimum absolute atomic E-state index is 0.572. The van der Waals surface area contributed by atoms with E-state index in [0.717, 1.165) is 23.4 Å². The van der Waals surface area contributed by atoms with E-state index < -0.39 is 11.4 Å². The zero-order valence-electron chi connectivity index (χ0n) is 10.7. The van der Waals surface area contributed by atoms with Crippen LogP contribution >= 0.6 is 0 Å². The van der Waals surface area contributed by atoms with E-state index in [1.165, 1.54) is 0 Å². The summed E-state index contributed by atoms with van der Waals surface area (Å²) in [6.07, 6.45) is 5.69. The van der Waals surface area contributed by atoms with Crippen molar-refractivity contribution in [3.05, 3.63) is 36.0 Å². The summed E-state index contributed by atoms with van der Waals surface area (Å²) in [5.74, 6) is -0.215. The Balaban J connectivity index is 2.05. The van der Waals surface area contributed by atoms with Gasteiger partial charge in [-0.25, -0.2) is 4.98 Å². The Morgan fingerprint density at radius 1 is 1.47 bits per heavy atom. The zero-order valence-corrected chi connectivity index (χ0v) is 10.7. The summed E-state index contributed by atoms with van der Waals surface area (Å²) >= 11 is 0. The van der Waals surface area contributed by atoms with E-state index in [9.17, 15) is 9.90 Å². The molecule has 0 bridgehead atoms. The standard InChI is InChI=1S/C14H15N3O2/c1-9-11(10-4-2-7-15-8-10)17-12(16-9)14(13(18)19)5-3-6-14/h2,4,7-8H,3,5-6H2,1H3,(H,16,17)(H,18,19). The van der Waals surface area contributed by atoms with Gasteiger partial charge in [0.25, 0.3) is 0 Å². The molecule has 0 unspecified atom stereocenters. The maximum Gasteiger partial charge on any atom is 0.317 e. The van der Waals surface area contributed by atoms with Crippen molar-refractivity contribution < 1.29 is 9.90 Å². The highest BCUT2D eigenvalue weighted by molar-refractivity contribution is 5.81. The number of hydrogen-bond acceptors (Lipinski definition) is 3. The summed E-state index contributed by atoms with van der Waals surface area (Å²) in [6, 6.07) is 3.77. The van der Waals surface area contributed by atoms with Crippen molar-refractivity contribution in [2.45, 2.75) is 31.6 Å². The number of hydrogen-bond donors (Lipinski definition) is 2. The van der Waals surface area contributed by atoms with Crippen LogP contribution in [0.4, 0.5) is 0 Å². The highest BCUT2D eigenvalue weighted by Crippen LogP contribution is 2.43. The first-order valence-corrected chi connectivity index (χ1v) is 6.34. The minimum Gasteiger partial charge on any atom is -0.480 e. The molecule has 2 heterocycles. The molecule has 0 aliphatic heterocycles. The predicted octanol–water partition coefficient (Wildman–Crippen LogP) is 2.29. The number of imidazole rings is 1. The molecule has 1 aliphatic carbocycles. The molecule has 0 spiro atoms. The predicted molar refractivity (Wildman–Crippen MR) is 69.7 cm³/mol. The fourth-order valence-electron chi connectivity index (χ4n) is 2.55. The number of carboxylic acid groups (broad SMARTS) is 1. The van der Waals surface area contributed by atoms with Crippen LogP contribution in [0.1, 0.15) is 30.8 Å². The molecule has 2 aromatic heterocycles. The van der Waals surface area contributed by atoms with Crippen molar-refractivity contribution >= 4 is 5.97 Å². The third-order valence-electron chi connectivity index (χ3n) is 3.89. The number of carbonyl (C=O) groups is 1. The van der Waals surface area contributed by atoms with Gasteiger partial charge in [0.05, 0.1) is 5.69 Å². The quantitative estimate of drug-likeness (QED) is 0.884. The highest BCUT2D eigenvalue weighted by Gasteiger charge is 2.48. The fourth-order valence-corrected chi connectivity index (χ4v) is 2.55. The van der Waals surface area contributed by atoms with Crippen molar-refractivity contribution in [2.75, 3.05) is 0 Å². The smallest absolute Gasteiger partial charge is 0.317 e. The lowest BCUT2D eigenvalue weighted by Crippen LogP contribution is -2.43. The van der Waals surface area contributed by atoms with Crippen molar-refractivity contribution in [3.63, 3.8) is 0 Å². The Morgan fingerprint density at radius 2 is 2.26 bits per heavy atom. The third-order valence-corrected chi connectivity index (χ3v) is 3.89. The molecule has 2 N–H and O–H groups in total. The van der Waals surface area contributed by atoms with Gasteiger partial charge in [-0.05, 0) is 31.9 Å². The maximum atomic E-state index is 11.5. The molecule has 0 atom stereocenters. The molecule has 0 aromatic carbocycles. The average molecular weight is 257 g/mol. The molecular weight excluding hydrogens is 242 g/mol. The number of nitrogens with zero attached hydrogens (tertiary/aromatic N) is 2. The Hall–Kier alpha value is -2.17. The zero-order chi connectivity index (χ0) is 13.5. The summed E-state index contributed by atoms with van der Waals surface area (Å²) in [5, 5.41) is 9.44. The van der Waals surface area contributed by atoms with Crippen molar-refractivity contribution in [2.24, 2.45) is 0 Å². The van der Waals surface area contributed by atoms with Crippen LogP contribution in [-0.4, -0.2) is 26.0 Å². The topological polar surface area (TPSA) is 78.9 Å². The second kappa shape index (κ2) is 4.19. The normalized spacial score (nSPS) is 16.9. The number of pyridine rings is 1. The first kappa shape index (κ1) is 11.9. The number of carboxylic acids is 1. The molecule has 1 aliphatic rings. The van der Waals surface area contributed by atoms with E-state index in [0.29, 0.717) is 18.7 Å². The monoisotopic (exact) mass is 257 g/mol. The van der Waals surface area contributed by atoms with Gasteiger partial charge in [-0.1, -0.05) is 6.42 Å². The van der Waals surface area contributed by atoms with Gasteiger partial charge < -0.3 is 10.1 Å². The van der Waals surface area contributed by atoms with Crippen molar-refractivity contribution in [1.29, 1.82) is 0 Å². The first-order chi connectivity index (χ1) is 9.13. The number of aromatic nitrogens is 3. The molecule has 1 saturated carbocycles. The van der Waals surface area contributed by atoms with E-state index in [1.54, 1.807) is 12.4 Å². The number of aryl methyl sites for hydroxylation is 1. The van der Waals surface area contributed by atoms with Crippen molar-refractivity contribution in [3.8, 4) is 11.3 Å². The molecular formula is C14H15N3O2. The van der Waals surface area contributed by atoms with E-state index in [4.69, 9.17) is 0 Å². The van der Waals surface area contributed by atoms with Crippen LogP contribution in [0.5, 0.6) is 0 Å². The van der Waals surface area contributed by atoms with Gasteiger partial charge in [-0.15, -0.1) is 0 Å². The molecule has 1 fully saturated rings. The summed E-state index contributed by atoms with van der Waals surface area (Å²) in [7, 11) is 0. The molecule has 5 heteroatoms. The lowest BCUT2D eigenvalue weighted by atomic mass is 9.68. The Morgan fingerprint density at radius 3 is 2.79 bits per heavy atom. The highest BCUT2D eigenvalue weighted by atomic mass is 16.4. The van der Waals surface area contributed by atoms with Gasteiger partial charge in [0.1, 0.15) is 11.2 Å². The van der Waals surface area contributed by atoms with Crippen LogP contribution in [0.25, 0.3) is 11.3 Å². The van der Waals surface area contributed by atoms with E-state index in [1.807, 2.05) is 19.1 Å². The van der Waals surface area contributed by atoms with Crippen LogP contribution in [0.2, 0.25) is 0 Å². The Labute approximate surface area is 110 Å². The summed E-state index contributed by atoms with van der Waals surface area (Å²) < 4.78 is 0. The van der Waals surface area contributed by atoms with Gasteiger partial charge in [-0.3, -0.25) is 9.78 Å². The number of aromatic amines is 1. The Kier molecular flexibility index (Phi) is 2.62. The molecule has 0 radical (unpaired) electrons. The number of H-pyrrole nitrogens is 1. The average Bonchev–Trinajstić information content (AvgIpc) is 2.70. The van der Waals surface area contributed by atoms with Crippen LogP contribution in [0, 0.1) is 6.92 Å². The maximum absolute atomic E-state index is 11.5. The molecule has 3 rings (SSSR count). The first-order valence-electron chi connectivity index (χ1n) is 6.34. The molecule has 98 valence electrons. The van der Waals surface area contributed by atoms with Crippen LogP contribution in [0.3, 0.4) is 0 Å². The van der Waals surface area contributed by atoms with Gasteiger partial charge in [0, 0.05) is 23.7 Å². The second-order valence-corrected chi connectivity index (χ2v) is 5.04. The second-order valence-electron chi connectivity index (χ2n) is 5.04. The molecule has 0 saturated heterocycles.